The highest BCUT2D eigenvalue weighted by molar-refractivity contribution is 9.10. The van der Waals surface area contributed by atoms with Crippen molar-refractivity contribution in [2.45, 2.75) is 13.1 Å². The Kier molecular flexibility index (Phi) is 7.06. The summed E-state index contributed by atoms with van der Waals surface area (Å²) >= 11 is 3.61. The number of guanidine groups is 1. The molecule has 0 radical (unpaired) electrons. The predicted octanol–water partition coefficient (Wildman–Crippen LogP) is 2.89. The van der Waals surface area contributed by atoms with Crippen molar-refractivity contribution >= 4 is 27.7 Å². The van der Waals surface area contributed by atoms with Crippen molar-refractivity contribution in [2.24, 2.45) is 4.99 Å². The number of nitrogens with one attached hydrogen (secondary N) is 1. The number of anilines is 1. The average molecular weight is 432 g/mol. The monoisotopic (exact) mass is 431 g/mol. The lowest BCUT2D eigenvalue weighted by atomic mass is 10.2. The van der Waals surface area contributed by atoms with E-state index in [2.05, 4.69) is 59.2 Å². The van der Waals surface area contributed by atoms with Crippen molar-refractivity contribution in [1.82, 2.24) is 15.2 Å². The third kappa shape index (κ3) is 5.20. The maximum Gasteiger partial charge on any atom is 0.193 e. The predicted molar refractivity (Wildman–Crippen MR) is 113 cm³/mol. The molecule has 1 aromatic heterocycles. The zero-order valence-corrected chi connectivity index (χ0v) is 17.4. The van der Waals surface area contributed by atoms with Gasteiger partial charge < -0.3 is 19.9 Å². The van der Waals surface area contributed by atoms with Gasteiger partial charge in [-0.1, -0.05) is 40.2 Å². The number of pyridine rings is 1. The van der Waals surface area contributed by atoms with E-state index >= 15 is 0 Å². The standard InChI is InChI=1S/C20H26BrN5O/c1-22-20(25(2)15-17-6-3-4-8-18(17)21)24-14-16-7-5-9-23-19(16)26-10-12-27-13-11-26/h3-9H,10-15H2,1-2H3,(H,22,24). The van der Waals surface area contributed by atoms with Crippen LogP contribution in [0, 0.1) is 0 Å². The minimum atomic E-state index is 0.674. The van der Waals surface area contributed by atoms with Crippen LogP contribution in [0.1, 0.15) is 11.1 Å². The zero-order valence-electron chi connectivity index (χ0n) is 15.9. The lowest BCUT2D eigenvalue weighted by molar-refractivity contribution is 0.122. The number of hydrogen-bond donors (Lipinski definition) is 1. The summed E-state index contributed by atoms with van der Waals surface area (Å²) in [5.41, 5.74) is 2.38. The van der Waals surface area contributed by atoms with Gasteiger partial charge in [0.2, 0.25) is 0 Å². The smallest absolute Gasteiger partial charge is 0.193 e. The largest absolute Gasteiger partial charge is 0.378 e. The van der Waals surface area contributed by atoms with Crippen LogP contribution in [-0.2, 0) is 17.8 Å². The van der Waals surface area contributed by atoms with Gasteiger partial charge in [-0.25, -0.2) is 4.98 Å². The van der Waals surface area contributed by atoms with Crippen LogP contribution in [0.5, 0.6) is 0 Å². The lowest BCUT2D eigenvalue weighted by Crippen LogP contribution is -2.40. The van der Waals surface area contributed by atoms with E-state index in [-0.39, 0.29) is 0 Å². The Morgan fingerprint density at radius 2 is 1.96 bits per heavy atom. The molecule has 1 aliphatic rings. The first-order valence-corrected chi connectivity index (χ1v) is 9.90. The van der Waals surface area contributed by atoms with Gasteiger partial charge in [-0.3, -0.25) is 4.99 Å². The molecule has 0 spiro atoms. The minimum Gasteiger partial charge on any atom is -0.378 e. The normalized spacial score (nSPS) is 14.9. The number of nitrogens with zero attached hydrogens (tertiary/aromatic N) is 4. The fourth-order valence-electron chi connectivity index (χ4n) is 3.14. The molecule has 6 nitrogen and oxygen atoms in total. The molecular weight excluding hydrogens is 406 g/mol. The van der Waals surface area contributed by atoms with Crippen molar-refractivity contribution in [3.05, 3.63) is 58.2 Å². The molecule has 0 saturated carbocycles. The zero-order chi connectivity index (χ0) is 19.1. The van der Waals surface area contributed by atoms with Crippen molar-refractivity contribution < 1.29 is 4.74 Å². The van der Waals surface area contributed by atoms with E-state index in [1.807, 2.05) is 38.5 Å². The number of halogens is 1. The second-order valence-electron chi connectivity index (χ2n) is 6.43. The Hall–Kier alpha value is -2.12. The Bertz CT molecular complexity index is 776. The van der Waals surface area contributed by atoms with E-state index in [0.717, 1.165) is 54.7 Å². The van der Waals surface area contributed by atoms with E-state index in [4.69, 9.17) is 4.74 Å². The molecule has 0 aliphatic carbocycles. The van der Waals surface area contributed by atoms with Crippen LogP contribution in [0.4, 0.5) is 5.82 Å². The van der Waals surface area contributed by atoms with E-state index in [0.29, 0.717) is 6.54 Å². The molecule has 0 atom stereocenters. The quantitative estimate of drug-likeness (QED) is 0.582. The lowest BCUT2D eigenvalue weighted by Gasteiger charge is -2.30. The number of ether oxygens (including phenoxy) is 1. The first kappa shape index (κ1) is 19.6. The molecule has 3 rings (SSSR count). The number of aromatic nitrogens is 1. The molecule has 27 heavy (non-hydrogen) atoms. The number of aliphatic imine (C=N–C) groups is 1. The second kappa shape index (κ2) is 9.71. The van der Waals surface area contributed by atoms with Gasteiger partial charge in [0.15, 0.2) is 5.96 Å². The van der Waals surface area contributed by atoms with Gasteiger partial charge in [0.1, 0.15) is 5.82 Å². The van der Waals surface area contributed by atoms with Crippen molar-refractivity contribution in [1.29, 1.82) is 0 Å². The summed E-state index contributed by atoms with van der Waals surface area (Å²) in [6, 6.07) is 12.3. The Balaban J connectivity index is 1.65. The van der Waals surface area contributed by atoms with E-state index in [1.54, 1.807) is 0 Å². The van der Waals surface area contributed by atoms with Crippen molar-refractivity contribution in [2.75, 3.05) is 45.3 Å². The third-order valence-electron chi connectivity index (χ3n) is 4.55. The number of benzene rings is 1. The van der Waals surface area contributed by atoms with Gasteiger partial charge in [0, 0.05) is 56.5 Å². The Morgan fingerprint density at radius 3 is 2.70 bits per heavy atom. The second-order valence-corrected chi connectivity index (χ2v) is 7.29. The molecular formula is C20H26BrN5O. The Labute approximate surface area is 169 Å². The molecule has 0 amide bonds. The van der Waals surface area contributed by atoms with Gasteiger partial charge in [0.25, 0.3) is 0 Å². The summed E-state index contributed by atoms with van der Waals surface area (Å²) in [6.45, 7) is 4.69. The molecule has 2 aromatic rings. The van der Waals surface area contributed by atoms with Gasteiger partial charge in [-0.2, -0.15) is 0 Å². The van der Waals surface area contributed by atoms with Crippen LogP contribution >= 0.6 is 15.9 Å². The van der Waals surface area contributed by atoms with E-state index < -0.39 is 0 Å². The van der Waals surface area contributed by atoms with Crippen LogP contribution in [0.25, 0.3) is 0 Å². The van der Waals surface area contributed by atoms with Crippen molar-refractivity contribution in [3.8, 4) is 0 Å². The molecule has 7 heteroatoms. The van der Waals surface area contributed by atoms with Gasteiger partial charge >= 0.3 is 0 Å². The molecule has 0 bridgehead atoms. The number of morpholine rings is 1. The number of rotatable bonds is 5. The summed E-state index contributed by atoms with van der Waals surface area (Å²) < 4.78 is 6.57. The maximum absolute atomic E-state index is 5.46. The third-order valence-corrected chi connectivity index (χ3v) is 5.33. The summed E-state index contributed by atoms with van der Waals surface area (Å²) in [5, 5.41) is 3.47. The maximum atomic E-state index is 5.46. The van der Waals surface area contributed by atoms with Crippen LogP contribution in [0.2, 0.25) is 0 Å². The summed E-state index contributed by atoms with van der Waals surface area (Å²) in [4.78, 5) is 13.4. The summed E-state index contributed by atoms with van der Waals surface area (Å²) in [7, 11) is 3.85. The molecule has 1 N–H and O–H groups in total. The van der Waals surface area contributed by atoms with E-state index in [1.165, 1.54) is 5.56 Å². The molecule has 1 fully saturated rings. The van der Waals surface area contributed by atoms with Crippen LogP contribution in [-0.4, -0.2) is 56.2 Å². The van der Waals surface area contributed by atoms with Crippen molar-refractivity contribution in [3.63, 3.8) is 0 Å². The molecule has 1 saturated heterocycles. The summed E-state index contributed by atoms with van der Waals surface area (Å²) in [6.07, 6.45) is 1.85. The van der Waals surface area contributed by atoms with Crippen LogP contribution in [0.15, 0.2) is 52.1 Å². The molecule has 0 unspecified atom stereocenters. The molecule has 1 aromatic carbocycles. The fourth-order valence-corrected chi connectivity index (χ4v) is 3.55. The van der Waals surface area contributed by atoms with Crippen LogP contribution < -0.4 is 10.2 Å². The number of hydrogen-bond acceptors (Lipinski definition) is 4. The molecule has 1 aliphatic heterocycles. The molecule has 144 valence electrons. The first-order valence-electron chi connectivity index (χ1n) is 9.11. The van der Waals surface area contributed by atoms with Crippen LogP contribution in [0.3, 0.4) is 0 Å². The SMILES string of the molecule is CN=C(NCc1cccnc1N1CCOCC1)N(C)Cc1ccccc1Br. The summed E-state index contributed by atoms with van der Waals surface area (Å²) in [5.74, 6) is 1.87. The minimum absolute atomic E-state index is 0.674. The highest BCUT2D eigenvalue weighted by Gasteiger charge is 2.16. The van der Waals surface area contributed by atoms with Gasteiger partial charge in [-0.15, -0.1) is 0 Å². The average Bonchev–Trinajstić information content (AvgIpc) is 2.71. The Morgan fingerprint density at radius 1 is 1.22 bits per heavy atom. The van der Waals surface area contributed by atoms with E-state index in [9.17, 15) is 0 Å². The van der Waals surface area contributed by atoms with Gasteiger partial charge in [-0.05, 0) is 17.7 Å². The highest BCUT2D eigenvalue weighted by Crippen LogP contribution is 2.19. The fraction of sp³-hybridized carbons (Fsp3) is 0.400. The van der Waals surface area contributed by atoms with Gasteiger partial charge in [0.05, 0.1) is 13.2 Å². The topological polar surface area (TPSA) is 53.0 Å². The molecule has 2 heterocycles. The highest BCUT2D eigenvalue weighted by atomic mass is 79.9. The first-order chi connectivity index (χ1) is 13.2.